The molecule has 0 aliphatic carbocycles. The van der Waals surface area contributed by atoms with Gasteiger partial charge in [0, 0.05) is 6.54 Å². The number of hydrogen-bond donors (Lipinski definition) is 0. The number of rotatable bonds is 4. The van der Waals surface area contributed by atoms with Crippen molar-refractivity contribution in [2.75, 3.05) is 13.7 Å². The van der Waals surface area contributed by atoms with E-state index in [1.807, 2.05) is 35.2 Å². The third-order valence-corrected chi connectivity index (χ3v) is 4.30. The number of hydrogen-bond acceptors (Lipinski definition) is 2. The number of methoxy groups -OCH3 is 1. The molecule has 120 valence electrons. The number of likely N-dealkylation sites (tertiary alicyclic amines) is 1. The molecule has 1 saturated heterocycles. The summed E-state index contributed by atoms with van der Waals surface area (Å²) in [7, 11) is 1.61. The molecule has 1 heterocycles. The molecule has 1 atom stereocenters. The summed E-state index contributed by atoms with van der Waals surface area (Å²) in [6.07, 6.45) is 2.17. The molecule has 1 unspecified atom stereocenters. The van der Waals surface area contributed by atoms with E-state index in [1.165, 1.54) is 12.1 Å². The zero-order chi connectivity index (χ0) is 16.2. The summed E-state index contributed by atoms with van der Waals surface area (Å²) < 4.78 is 18.7. The van der Waals surface area contributed by atoms with Crippen molar-refractivity contribution in [2.24, 2.45) is 0 Å². The lowest BCUT2D eigenvalue weighted by atomic mass is 10.0. The van der Waals surface area contributed by atoms with Gasteiger partial charge in [-0.25, -0.2) is 4.39 Å². The summed E-state index contributed by atoms with van der Waals surface area (Å²) in [5.41, 5.74) is 1.81. The molecule has 1 amide bonds. The van der Waals surface area contributed by atoms with E-state index in [4.69, 9.17) is 4.74 Å². The van der Waals surface area contributed by atoms with Crippen LogP contribution in [0.5, 0.6) is 5.75 Å². The van der Waals surface area contributed by atoms with Gasteiger partial charge in [0.1, 0.15) is 11.6 Å². The molecule has 0 aromatic heterocycles. The second-order valence-corrected chi connectivity index (χ2v) is 5.83. The highest BCUT2D eigenvalue weighted by Crippen LogP contribution is 2.32. The number of amides is 1. The lowest BCUT2D eigenvalue weighted by molar-refractivity contribution is -0.131. The van der Waals surface area contributed by atoms with Gasteiger partial charge in [-0.1, -0.05) is 24.3 Å². The standard InChI is InChI=1S/C19H20FNO2/c1-23-17-8-2-5-14(11-17)12-19(22)21-10-4-9-18(21)15-6-3-7-16(20)13-15/h2-3,5-8,11,13,18H,4,9-10,12H2,1H3. The maximum Gasteiger partial charge on any atom is 0.227 e. The molecule has 0 N–H and O–H groups in total. The highest BCUT2D eigenvalue weighted by atomic mass is 19.1. The molecule has 1 fully saturated rings. The van der Waals surface area contributed by atoms with Crippen molar-refractivity contribution in [3.63, 3.8) is 0 Å². The van der Waals surface area contributed by atoms with Crippen LogP contribution in [0.1, 0.15) is 30.0 Å². The Morgan fingerprint density at radius 2 is 2.09 bits per heavy atom. The first-order valence-electron chi connectivity index (χ1n) is 7.85. The highest BCUT2D eigenvalue weighted by molar-refractivity contribution is 5.79. The van der Waals surface area contributed by atoms with Crippen molar-refractivity contribution in [1.82, 2.24) is 4.90 Å². The minimum absolute atomic E-state index is 0.0243. The Hall–Kier alpha value is -2.36. The van der Waals surface area contributed by atoms with Gasteiger partial charge in [0.15, 0.2) is 0 Å². The smallest absolute Gasteiger partial charge is 0.227 e. The van der Waals surface area contributed by atoms with Gasteiger partial charge in [-0.3, -0.25) is 4.79 Å². The van der Waals surface area contributed by atoms with Crippen LogP contribution in [0.3, 0.4) is 0 Å². The van der Waals surface area contributed by atoms with E-state index in [9.17, 15) is 9.18 Å². The summed E-state index contributed by atoms with van der Waals surface area (Å²) in [5.74, 6) is 0.568. The number of carbonyl (C=O) groups is 1. The Balaban J connectivity index is 1.75. The Labute approximate surface area is 135 Å². The molecule has 23 heavy (non-hydrogen) atoms. The third-order valence-electron chi connectivity index (χ3n) is 4.30. The van der Waals surface area contributed by atoms with Crippen molar-refractivity contribution in [3.05, 3.63) is 65.5 Å². The molecule has 3 rings (SSSR count). The van der Waals surface area contributed by atoms with Crippen LogP contribution in [0.4, 0.5) is 4.39 Å². The first-order chi connectivity index (χ1) is 11.2. The Morgan fingerprint density at radius 3 is 2.87 bits per heavy atom. The normalized spacial score (nSPS) is 17.3. The number of nitrogens with zero attached hydrogens (tertiary/aromatic N) is 1. The lowest BCUT2D eigenvalue weighted by Crippen LogP contribution is -2.31. The first kappa shape index (κ1) is 15.5. The average Bonchev–Trinajstić information content (AvgIpc) is 3.05. The molecule has 2 aromatic carbocycles. The minimum atomic E-state index is -0.255. The molecule has 3 nitrogen and oxygen atoms in total. The third kappa shape index (κ3) is 3.52. The maximum atomic E-state index is 13.5. The van der Waals surface area contributed by atoms with Gasteiger partial charge in [-0.2, -0.15) is 0 Å². The largest absolute Gasteiger partial charge is 0.497 e. The maximum absolute atomic E-state index is 13.5. The van der Waals surface area contributed by atoms with Crippen molar-refractivity contribution in [3.8, 4) is 5.75 Å². The fourth-order valence-corrected chi connectivity index (χ4v) is 3.18. The Kier molecular flexibility index (Phi) is 4.60. The average molecular weight is 313 g/mol. The van der Waals surface area contributed by atoms with Crippen molar-refractivity contribution in [1.29, 1.82) is 0 Å². The molecule has 2 aromatic rings. The van der Waals surface area contributed by atoms with Gasteiger partial charge < -0.3 is 9.64 Å². The summed E-state index contributed by atoms with van der Waals surface area (Å²) in [6, 6.07) is 14.1. The lowest BCUT2D eigenvalue weighted by Gasteiger charge is -2.25. The molecule has 4 heteroatoms. The topological polar surface area (TPSA) is 29.5 Å². The molecule has 0 bridgehead atoms. The van der Waals surface area contributed by atoms with Gasteiger partial charge in [0.2, 0.25) is 5.91 Å². The van der Waals surface area contributed by atoms with E-state index in [0.717, 1.165) is 36.3 Å². The van der Waals surface area contributed by atoms with Gasteiger partial charge in [-0.15, -0.1) is 0 Å². The molecule has 0 spiro atoms. The van der Waals surface area contributed by atoms with Crippen molar-refractivity contribution in [2.45, 2.75) is 25.3 Å². The Morgan fingerprint density at radius 1 is 1.26 bits per heavy atom. The van der Waals surface area contributed by atoms with Gasteiger partial charge in [-0.05, 0) is 48.2 Å². The van der Waals surface area contributed by atoms with Gasteiger partial charge in [0.25, 0.3) is 0 Å². The zero-order valence-electron chi connectivity index (χ0n) is 13.2. The van der Waals surface area contributed by atoms with Crippen LogP contribution in [-0.4, -0.2) is 24.5 Å². The molecule has 0 saturated carbocycles. The summed E-state index contributed by atoms with van der Waals surface area (Å²) in [6.45, 7) is 0.726. The zero-order valence-corrected chi connectivity index (χ0v) is 13.2. The van der Waals surface area contributed by atoms with E-state index in [0.29, 0.717) is 6.42 Å². The highest BCUT2D eigenvalue weighted by Gasteiger charge is 2.29. The van der Waals surface area contributed by atoms with Crippen LogP contribution < -0.4 is 4.74 Å². The fourth-order valence-electron chi connectivity index (χ4n) is 3.18. The van der Waals surface area contributed by atoms with Crippen molar-refractivity contribution < 1.29 is 13.9 Å². The predicted molar refractivity (Wildman–Crippen MR) is 86.8 cm³/mol. The van der Waals surface area contributed by atoms with E-state index in [2.05, 4.69) is 0 Å². The number of carbonyl (C=O) groups excluding carboxylic acids is 1. The first-order valence-corrected chi connectivity index (χ1v) is 7.85. The Bertz CT molecular complexity index is 701. The second-order valence-electron chi connectivity index (χ2n) is 5.83. The van der Waals surface area contributed by atoms with Crippen LogP contribution >= 0.6 is 0 Å². The fraction of sp³-hybridized carbons (Fsp3) is 0.316. The quantitative estimate of drug-likeness (QED) is 0.860. The van der Waals surface area contributed by atoms with Crippen molar-refractivity contribution >= 4 is 5.91 Å². The molecular weight excluding hydrogens is 293 g/mol. The van der Waals surface area contributed by atoms with Gasteiger partial charge >= 0.3 is 0 Å². The van der Waals surface area contributed by atoms with E-state index >= 15 is 0 Å². The van der Waals surface area contributed by atoms with Crippen LogP contribution in [-0.2, 0) is 11.2 Å². The molecular formula is C19H20FNO2. The summed E-state index contributed by atoms with van der Waals surface area (Å²) >= 11 is 0. The van der Waals surface area contributed by atoms with Crippen LogP contribution in [0, 0.1) is 5.82 Å². The second kappa shape index (κ2) is 6.82. The van der Waals surface area contributed by atoms with E-state index in [-0.39, 0.29) is 17.8 Å². The van der Waals surface area contributed by atoms with Crippen LogP contribution in [0.25, 0.3) is 0 Å². The number of benzene rings is 2. The van der Waals surface area contributed by atoms with E-state index < -0.39 is 0 Å². The molecule has 1 aliphatic heterocycles. The van der Waals surface area contributed by atoms with Crippen LogP contribution in [0.2, 0.25) is 0 Å². The number of ether oxygens (including phenoxy) is 1. The molecule has 0 radical (unpaired) electrons. The summed E-state index contributed by atoms with van der Waals surface area (Å²) in [5, 5.41) is 0. The van der Waals surface area contributed by atoms with Crippen LogP contribution in [0.15, 0.2) is 48.5 Å². The number of halogens is 1. The predicted octanol–water partition coefficient (Wildman–Crippen LogP) is 3.74. The minimum Gasteiger partial charge on any atom is -0.497 e. The SMILES string of the molecule is COc1cccc(CC(=O)N2CCCC2c2cccc(F)c2)c1. The van der Waals surface area contributed by atoms with E-state index in [1.54, 1.807) is 13.2 Å². The monoisotopic (exact) mass is 313 g/mol. The van der Waals surface area contributed by atoms with Gasteiger partial charge in [0.05, 0.1) is 19.6 Å². The summed E-state index contributed by atoms with van der Waals surface area (Å²) in [4.78, 5) is 14.5. The molecule has 1 aliphatic rings.